The molecule has 0 atom stereocenters. The summed E-state index contributed by atoms with van der Waals surface area (Å²) in [6, 6.07) is 5.86. The summed E-state index contributed by atoms with van der Waals surface area (Å²) < 4.78 is 16.0. The van der Waals surface area contributed by atoms with E-state index in [1.54, 1.807) is 14.2 Å². The van der Waals surface area contributed by atoms with E-state index in [1.807, 2.05) is 18.2 Å². The Kier molecular flexibility index (Phi) is 8.02. The molecule has 108 valence electrons. The van der Waals surface area contributed by atoms with Gasteiger partial charge in [-0.15, -0.1) is 0 Å². The summed E-state index contributed by atoms with van der Waals surface area (Å²) in [4.78, 5) is 0. The highest BCUT2D eigenvalue weighted by Gasteiger charge is 2.04. The van der Waals surface area contributed by atoms with E-state index in [0.717, 1.165) is 49.8 Å². The lowest BCUT2D eigenvalue weighted by Gasteiger charge is -2.11. The second kappa shape index (κ2) is 9.64. The van der Waals surface area contributed by atoms with Gasteiger partial charge in [0.15, 0.2) is 0 Å². The molecule has 0 saturated heterocycles. The maximum atomic E-state index is 5.49. The second-order valence-corrected chi connectivity index (χ2v) is 4.32. The zero-order chi connectivity index (χ0) is 13.9. The van der Waals surface area contributed by atoms with Gasteiger partial charge in [-0.05, 0) is 12.5 Å². The molecule has 0 bridgehead atoms. The Morgan fingerprint density at radius 1 is 1.11 bits per heavy atom. The molecule has 0 heterocycles. The van der Waals surface area contributed by atoms with Gasteiger partial charge in [0.2, 0.25) is 0 Å². The van der Waals surface area contributed by atoms with Crippen LogP contribution in [0.2, 0.25) is 0 Å². The molecule has 0 radical (unpaired) electrons. The number of unbranched alkanes of at least 4 members (excludes halogenated alkanes) is 1. The van der Waals surface area contributed by atoms with Crippen molar-refractivity contribution in [3.8, 4) is 11.5 Å². The first-order valence-electron chi connectivity index (χ1n) is 6.81. The fraction of sp³-hybridized carbons (Fsp3) is 0.600. The highest BCUT2D eigenvalue weighted by Crippen LogP contribution is 2.24. The molecule has 19 heavy (non-hydrogen) atoms. The van der Waals surface area contributed by atoms with Gasteiger partial charge in [0.05, 0.1) is 20.8 Å². The molecule has 0 aliphatic carbocycles. The second-order valence-electron chi connectivity index (χ2n) is 4.32. The molecule has 0 aliphatic rings. The zero-order valence-corrected chi connectivity index (χ0v) is 12.2. The van der Waals surface area contributed by atoms with E-state index in [0.29, 0.717) is 0 Å². The fourth-order valence-corrected chi connectivity index (χ4v) is 1.71. The molecular weight excluding hydrogens is 242 g/mol. The first-order valence-corrected chi connectivity index (χ1v) is 6.81. The Balaban J connectivity index is 2.28. The number of hydrogen-bond acceptors (Lipinski definition) is 4. The molecule has 0 spiro atoms. The number of methoxy groups -OCH3 is 2. The minimum Gasteiger partial charge on any atom is -0.497 e. The maximum absolute atomic E-state index is 5.49. The molecule has 1 rings (SSSR count). The largest absolute Gasteiger partial charge is 0.497 e. The van der Waals surface area contributed by atoms with Gasteiger partial charge in [0, 0.05) is 31.3 Å². The molecular formula is C15H25NO3. The van der Waals surface area contributed by atoms with Crippen LogP contribution >= 0.6 is 0 Å². The van der Waals surface area contributed by atoms with Crippen molar-refractivity contribution in [2.45, 2.75) is 26.3 Å². The molecule has 0 fully saturated rings. The molecule has 0 aliphatic heterocycles. The van der Waals surface area contributed by atoms with Gasteiger partial charge >= 0.3 is 0 Å². The Labute approximate surface area is 116 Å². The Hall–Kier alpha value is -1.26. The van der Waals surface area contributed by atoms with Crippen LogP contribution in [-0.4, -0.2) is 34.0 Å². The van der Waals surface area contributed by atoms with Gasteiger partial charge < -0.3 is 19.5 Å². The van der Waals surface area contributed by atoms with E-state index < -0.39 is 0 Å². The predicted octanol–water partition coefficient (Wildman–Crippen LogP) is 2.61. The quantitative estimate of drug-likeness (QED) is 0.661. The minimum atomic E-state index is 0.748. The lowest BCUT2D eigenvalue weighted by molar-refractivity contribution is 0.133. The fourth-order valence-electron chi connectivity index (χ4n) is 1.71. The number of ether oxygens (including phenoxy) is 3. The molecule has 1 N–H and O–H groups in total. The van der Waals surface area contributed by atoms with Crippen molar-refractivity contribution in [2.75, 3.05) is 34.0 Å². The van der Waals surface area contributed by atoms with Crippen LogP contribution in [-0.2, 0) is 11.3 Å². The van der Waals surface area contributed by atoms with Crippen LogP contribution in [0.3, 0.4) is 0 Å². The summed E-state index contributed by atoms with van der Waals surface area (Å²) in [6.07, 6.45) is 2.31. The van der Waals surface area contributed by atoms with Gasteiger partial charge in [0.25, 0.3) is 0 Å². The Morgan fingerprint density at radius 2 is 1.95 bits per heavy atom. The van der Waals surface area contributed by atoms with E-state index in [-0.39, 0.29) is 0 Å². The average Bonchev–Trinajstić information content (AvgIpc) is 2.46. The third-order valence-electron chi connectivity index (χ3n) is 2.88. The molecule has 1 aromatic rings. The third kappa shape index (κ3) is 5.94. The van der Waals surface area contributed by atoms with Crippen molar-refractivity contribution in [3.63, 3.8) is 0 Å². The first-order chi connectivity index (χ1) is 9.31. The van der Waals surface area contributed by atoms with Gasteiger partial charge in [-0.3, -0.25) is 0 Å². The molecule has 0 unspecified atom stereocenters. The van der Waals surface area contributed by atoms with E-state index in [9.17, 15) is 0 Å². The van der Waals surface area contributed by atoms with Crippen molar-refractivity contribution >= 4 is 0 Å². The summed E-state index contributed by atoms with van der Waals surface area (Å²) in [6.45, 7) is 5.38. The minimum absolute atomic E-state index is 0.748. The Bertz CT molecular complexity index is 355. The summed E-state index contributed by atoms with van der Waals surface area (Å²) in [5.41, 5.74) is 1.12. The van der Waals surface area contributed by atoms with Crippen LogP contribution in [0, 0.1) is 0 Å². The lowest BCUT2D eigenvalue weighted by Crippen LogP contribution is -2.19. The van der Waals surface area contributed by atoms with E-state index >= 15 is 0 Å². The van der Waals surface area contributed by atoms with Gasteiger partial charge in [-0.2, -0.15) is 0 Å². The molecule has 0 saturated carbocycles. The lowest BCUT2D eigenvalue weighted by atomic mass is 10.2. The molecule has 4 heteroatoms. The normalized spacial score (nSPS) is 10.5. The molecule has 0 aromatic heterocycles. The average molecular weight is 267 g/mol. The smallest absolute Gasteiger partial charge is 0.127 e. The van der Waals surface area contributed by atoms with E-state index in [4.69, 9.17) is 14.2 Å². The standard InChI is InChI=1S/C15H25NO3/c1-4-5-9-19-10-8-16-12-13-6-7-14(17-2)11-15(13)18-3/h6-7,11,16H,4-5,8-10,12H2,1-3H3. The zero-order valence-electron chi connectivity index (χ0n) is 12.2. The summed E-state index contributed by atoms with van der Waals surface area (Å²) in [5.74, 6) is 1.65. The van der Waals surface area contributed by atoms with Crippen molar-refractivity contribution in [2.24, 2.45) is 0 Å². The van der Waals surface area contributed by atoms with Gasteiger partial charge in [0.1, 0.15) is 11.5 Å². The third-order valence-corrected chi connectivity index (χ3v) is 2.88. The summed E-state index contributed by atoms with van der Waals surface area (Å²) >= 11 is 0. The van der Waals surface area contributed by atoms with Crippen LogP contribution < -0.4 is 14.8 Å². The van der Waals surface area contributed by atoms with Crippen LogP contribution in [0.15, 0.2) is 18.2 Å². The highest BCUT2D eigenvalue weighted by molar-refractivity contribution is 5.40. The number of nitrogens with one attached hydrogen (secondary N) is 1. The van der Waals surface area contributed by atoms with Gasteiger partial charge in [-0.25, -0.2) is 0 Å². The van der Waals surface area contributed by atoms with Crippen LogP contribution in [0.5, 0.6) is 11.5 Å². The van der Waals surface area contributed by atoms with Crippen molar-refractivity contribution in [3.05, 3.63) is 23.8 Å². The summed E-state index contributed by atoms with van der Waals surface area (Å²) in [7, 11) is 3.33. The van der Waals surface area contributed by atoms with Crippen LogP contribution in [0.4, 0.5) is 0 Å². The summed E-state index contributed by atoms with van der Waals surface area (Å²) in [5, 5.41) is 3.34. The van der Waals surface area contributed by atoms with Crippen molar-refractivity contribution in [1.82, 2.24) is 5.32 Å². The molecule has 4 nitrogen and oxygen atoms in total. The van der Waals surface area contributed by atoms with Crippen LogP contribution in [0.1, 0.15) is 25.3 Å². The number of benzene rings is 1. The SMILES string of the molecule is CCCCOCCNCc1ccc(OC)cc1OC. The molecule has 0 amide bonds. The van der Waals surface area contributed by atoms with E-state index in [1.165, 1.54) is 6.42 Å². The molecule has 1 aromatic carbocycles. The number of hydrogen-bond donors (Lipinski definition) is 1. The van der Waals surface area contributed by atoms with Gasteiger partial charge in [-0.1, -0.05) is 19.4 Å². The Morgan fingerprint density at radius 3 is 2.63 bits per heavy atom. The highest BCUT2D eigenvalue weighted by atomic mass is 16.5. The van der Waals surface area contributed by atoms with Crippen molar-refractivity contribution < 1.29 is 14.2 Å². The van der Waals surface area contributed by atoms with E-state index in [2.05, 4.69) is 12.2 Å². The maximum Gasteiger partial charge on any atom is 0.127 e. The monoisotopic (exact) mass is 267 g/mol. The van der Waals surface area contributed by atoms with Crippen LogP contribution in [0.25, 0.3) is 0 Å². The first kappa shape index (κ1) is 15.8. The topological polar surface area (TPSA) is 39.7 Å². The predicted molar refractivity (Wildman–Crippen MR) is 77.0 cm³/mol. The van der Waals surface area contributed by atoms with Crippen molar-refractivity contribution in [1.29, 1.82) is 0 Å². The number of rotatable bonds is 10.